The molecule has 0 fully saturated rings. The number of rotatable bonds is 6. The number of benzene rings is 1. The molecule has 2 aromatic rings. The standard InChI is InChI=1S/C18H18N2O5S/c1-11(17(22)19-10-12-5-4-8-24-12)25-16(21)9-15-18(23)20-13-6-2-3-7-14(13)26-15/h2-8,11,15H,9-10H2,1H3,(H,19,22)(H,20,23)/t11-,15-/m0/s1. The van der Waals surface area contributed by atoms with Crippen molar-refractivity contribution >= 4 is 35.2 Å². The number of anilines is 1. The SMILES string of the molecule is C[C@H](OC(=O)C[C@@H]1Sc2ccccc2NC1=O)C(=O)NCc1ccco1. The van der Waals surface area contributed by atoms with Crippen LogP contribution >= 0.6 is 11.8 Å². The molecule has 0 saturated heterocycles. The lowest BCUT2D eigenvalue weighted by molar-refractivity contribution is -0.155. The van der Waals surface area contributed by atoms with E-state index in [0.717, 1.165) is 10.6 Å². The Labute approximate surface area is 154 Å². The molecule has 0 unspecified atom stereocenters. The highest BCUT2D eigenvalue weighted by molar-refractivity contribution is 8.01. The van der Waals surface area contributed by atoms with Gasteiger partial charge in [0, 0.05) is 4.90 Å². The molecule has 2 N–H and O–H groups in total. The molecular formula is C18H18N2O5S. The summed E-state index contributed by atoms with van der Waals surface area (Å²) in [6.45, 7) is 1.70. The van der Waals surface area contributed by atoms with Crippen molar-refractivity contribution in [1.29, 1.82) is 0 Å². The van der Waals surface area contributed by atoms with Gasteiger partial charge < -0.3 is 19.8 Å². The lowest BCUT2D eigenvalue weighted by Gasteiger charge is -2.23. The van der Waals surface area contributed by atoms with Gasteiger partial charge >= 0.3 is 5.97 Å². The van der Waals surface area contributed by atoms with Gasteiger partial charge in [0.15, 0.2) is 6.10 Å². The molecule has 8 heteroatoms. The zero-order valence-electron chi connectivity index (χ0n) is 14.1. The predicted octanol–water partition coefficient (Wildman–Crippen LogP) is 2.33. The number of hydrogen-bond acceptors (Lipinski definition) is 6. The summed E-state index contributed by atoms with van der Waals surface area (Å²) in [5.41, 5.74) is 0.734. The molecule has 1 aromatic heterocycles. The van der Waals surface area contributed by atoms with Gasteiger partial charge in [-0.05, 0) is 31.2 Å². The van der Waals surface area contributed by atoms with Crippen LogP contribution in [0.1, 0.15) is 19.1 Å². The Bertz CT molecular complexity index is 806. The summed E-state index contributed by atoms with van der Waals surface area (Å²) in [6, 6.07) is 10.8. The fourth-order valence-corrected chi connectivity index (χ4v) is 3.50. The van der Waals surface area contributed by atoms with Crippen molar-refractivity contribution in [3.05, 3.63) is 48.4 Å². The quantitative estimate of drug-likeness (QED) is 0.753. The highest BCUT2D eigenvalue weighted by Gasteiger charge is 2.30. The summed E-state index contributed by atoms with van der Waals surface area (Å²) in [4.78, 5) is 37.1. The van der Waals surface area contributed by atoms with E-state index in [4.69, 9.17) is 9.15 Å². The van der Waals surface area contributed by atoms with Crippen LogP contribution in [0.3, 0.4) is 0 Å². The van der Waals surface area contributed by atoms with E-state index >= 15 is 0 Å². The number of thioether (sulfide) groups is 1. The molecule has 2 heterocycles. The monoisotopic (exact) mass is 374 g/mol. The first kappa shape index (κ1) is 18.1. The van der Waals surface area contributed by atoms with E-state index in [1.165, 1.54) is 24.9 Å². The van der Waals surface area contributed by atoms with Crippen molar-refractivity contribution in [2.24, 2.45) is 0 Å². The fourth-order valence-electron chi connectivity index (χ4n) is 2.41. The van der Waals surface area contributed by atoms with Gasteiger partial charge in [-0.2, -0.15) is 0 Å². The minimum absolute atomic E-state index is 0.110. The number of carbonyl (C=O) groups is 3. The number of nitrogens with one attached hydrogen (secondary N) is 2. The van der Waals surface area contributed by atoms with Crippen LogP contribution in [0.4, 0.5) is 5.69 Å². The summed E-state index contributed by atoms with van der Waals surface area (Å²) < 4.78 is 10.3. The number of para-hydroxylation sites is 1. The normalized spacial score (nSPS) is 17.0. The van der Waals surface area contributed by atoms with Crippen LogP contribution in [0.2, 0.25) is 0 Å². The third kappa shape index (κ3) is 4.45. The molecule has 136 valence electrons. The fraction of sp³-hybridized carbons (Fsp3) is 0.278. The molecule has 0 radical (unpaired) electrons. The number of furan rings is 1. The van der Waals surface area contributed by atoms with Crippen molar-refractivity contribution in [2.75, 3.05) is 5.32 Å². The second kappa shape index (κ2) is 8.09. The van der Waals surface area contributed by atoms with E-state index in [9.17, 15) is 14.4 Å². The Kier molecular flexibility index (Phi) is 5.62. The Morgan fingerprint density at radius 1 is 1.31 bits per heavy atom. The van der Waals surface area contributed by atoms with Gasteiger partial charge in [-0.25, -0.2) is 0 Å². The molecule has 0 spiro atoms. The minimum atomic E-state index is -0.957. The largest absolute Gasteiger partial charge is 0.467 e. The smallest absolute Gasteiger partial charge is 0.308 e. The molecular weight excluding hydrogens is 356 g/mol. The number of carbonyl (C=O) groups excluding carboxylic acids is 3. The highest BCUT2D eigenvalue weighted by atomic mass is 32.2. The highest BCUT2D eigenvalue weighted by Crippen LogP contribution is 2.36. The number of amides is 2. The second-order valence-electron chi connectivity index (χ2n) is 5.73. The second-order valence-corrected chi connectivity index (χ2v) is 6.97. The maximum atomic E-state index is 12.1. The molecule has 0 aliphatic carbocycles. The Balaban J connectivity index is 1.49. The van der Waals surface area contributed by atoms with Gasteiger partial charge in [0.05, 0.1) is 30.2 Å². The maximum absolute atomic E-state index is 12.1. The lowest BCUT2D eigenvalue weighted by Crippen LogP contribution is -2.37. The third-order valence-corrected chi connectivity index (χ3v) is 5.03. The van der Waals surface area contributed by atoms with Gasteiger partial charge in [0.25, 0.3) is 5.91 Å². The van der Waals surface area contributed by atoms with Crippen LogP contribution in [0.25, 0.3) is 0 Å². The zero-order chi connectivity index (χ0) is 18.5. The van der Waals surface area contributed by atoms with Crippen molar-refractivity contribution in [1.82, 2.24) is 5.32 Å². The molecule has 3 rings (SSSR count). The van der Waals surface area contributed by atoms with Gasteiger partial charge in [0.1, 0.15) is 5.76 Å². The van der Waals surface area contributed by atoms with E-state index in [1.807, 2.05) is 18.2 Å². The van der Waals surface area contributed by atoms with Gasteiger partial charge in [0.2, 0.25) is 5.91 Å². The maximum Gasteiger partial charge on any atom is 0.308 e. The molecule has 1 aromatic carbocycles. The number of esters is 1. The summed E-state index contributed by atoms with van der Waals surface area (Å²) in [7, 11) is 0. The summed E-state index contributed by atoms with van der Waals surface area (Å²) in [5, 5.41) is 4.80. The Hall–Kier alpha value is -2.74. The van der Waals surface area contributed by atoms with Crippen molar-refractivity contribution in [2.45, 2.75) is 36.1 Å². The molecule has 26 heavy (non-hydrogen) atoms. The van der Waals surface area contributed by atoms with Gasteiger partial charge in [-0.1, -0.05) is 12.1 Å². The van der Waals surface area contributed by atoms with Gasteiger partial charge in [-0.3, -0.25) is 14.4 Å². The lowest BCUT2D eigenvalue weighted by atomic mass is 10.2. The molecule has 1 aliphatic rings. The van der Waals surface area contributed by atoms with Crippen LogP contribution in [-0.4, -0.2) is 29.1 Å². The van der Waals surface area contributed by atoms with Crippen molar-refractivity contribution < 1.29 is 23.5 Å². The average molecular weight is 374 g/mol. The molecule has 2 atom stereocenters. The third-order valence-electron chi connectivity index (χ3n) is 3.75. The summed E-state index contributed by atoms with van der Waals surface area (Å²) >= 11 is 1.31. The molecule has 0 bridgehead atoms. The van der Waals surface area contributed by atoms with Crippen LogP contribution in [-0.2, 0) is 25.7 Å². The Morgan fingerprint density at radius 2 is 2.12 bits per heavy atom. The predicted molar refractivity (Wildman–Crippen MR) is 95.4 cm³/mol. The molecule has 1 aliphatic heterocycles. The molecule has 0 saturated carbocycles. The van der Waals surface area contributed by atoms with E-state index < -0.39 is 23.2 Å². The first-order chi connectivity index (χ1) is 12.5. The Morgan fingerprint density at radius 3 is 2.88 bits per heavy atom. The van der Waals surface area contributed by atoms with Crippen molar-refractivity contribution in [3.63, 3.8) is 0 Å². The van der Waals surface area contributed by atoms with E-state index in [0.29, 0.717) is 5.76 Å². The van der Waals surface area contributed by atoms with Crippen LogP contribution in [0, 0.1) is 0 Å². The van der Waals surface area contributed by atoms with Crippen LogP contribution < -0.4 is 10.6 Å². The van der Waals surface area contributed by atoms with E-state index in [1.54, 1.807) is 18.2 Å². The van der Waals surface area contributed by atoms with Gasteiger partial charge in [-0.15, -0.1) is 11.8 Å². The number of hydrogen-bond donors (Lipinski definition) is 2. The summed E-state index contributed by atoms with van der Waals surface area (Å²) in [6.07, 6.45) is 0.442. The first-order valence-corrected chi connectivity index (χ1v) is 8.97. The van der Waals surface area contributed by atoms with Crippen LogP contribution in [0.15, 0.2) is 52.0 Å². The molecule has 2 amide bonds. The van der Waals surface area contributed by atoms with E-state index in [2.05, 4.69) is 10.6 Å². The minimum Gasteiger partial charge on any atom is -0.467 e. The average Bonchev–Trinajstić information content (AvgIpc) is 3.13. The van der Waals surface area contributed by atoms with E-state index in [-0.39, 0.29) is 18.9 Å². The number of ether oxygens (including phenoxy) is 1. The number of fused-ring (bicyclic) bond motifs is 1. The van der Waals surface area contributed by atoms with Crippen molar-refractivity contribution in [3.8, 4) is 0 Å². The zero-order valence-corrected chi connectivity index (χ0v) is 14.9. The molecule has 7 nitrogen and oxygen atoms in total. The first-order valence-electron chi connectivity index (χ1n) is 8.09. The summed E-state index contributed by atoms with van der Waals surface area (Å²) in [5.74, 6) is -0.676. The van der Waals surface area contributed by atoms with Crippen LogP contribution in [0.5, 0.6) is 0 Å². The topological polar surface area (TPSA) is 97.6 Å².